The third-order valence-corrected chi connectivity index (χ3v) is 2.79. The van der Waals surface area contributed by atoms with E-state index in [9.17, 15) is 23.1 Å². The maximum absolute atomic E-state index is 12.4. The molecule has 0 saturated heterocycles. The third kappa shape index (κ3) is 6.30. The van der Waals surface area contributed by atoms with E-state index in [1.165, 1.54) is 0 Å². The number of carbonyl (C=O) groups is 1. The summed E-state index contributed by atoms with van der Waals surface area (Å²) in [6.07, 6.45) is -7.30. The highest BCUT2D eigenvalue weighted by molar-refractivity contribution is 5.72. The van der Waals surface area contributed by atoms with E-state index >= 15 is 0 Å². The molecule has 0 aliphatic rings. The first kappa shape index (κ1) is 19.0. The highest BCUT2D eigenvalue weighted by Gasteiger charge is 2.30. The molecule has 0 heterocycles. The van der Waals surface area contributed by atoms with E-state index in [0.29, 0.717) is 0 Å². The summed E-state index contributed by atoms with van der Waals surface area (Å²) in [6.45, 7) is 3.36. The van der Waals surface area contributed by atoms with Crippen LogP contribution in [0.4, 0.5) is 13.2 Å². The summed E-state index contributed by atoms with van der Waals surface area (Å²) < 4.78 is 42.4. The third-order valence-electron chi connectivity index (χ3n) is 2.79. The Morgan fingerprint density at radius 2 is 1.83 bits per heavy atom. The molecule has 0 saturated carbocycles. The molecule has 0 spiro atoms. The first-order valence-electron chi connectivity index (χ1n) is 6.83. The van der Waals surface area contributed by atoms with Crippen LogP contribution in [0.2, 0.25) is 0 Å². The molecule has 23 heavy (non-hydrogen) atoms. The number of aliphatic carboxylic acids is 1. The van der Waals surface area contributed by atoms with Gasteiger partial charge in [0, 0.05) is 6.42 Å². The summed E-state index contributed by atoms with van der Waals surface area (Å²) in [5.74, 6) is 3.71. The van der Waals surface area contributed by atoms with Crippen molar-refractivity contribution in [3.63, 3.8) is 0 Å². The predicted molar refractivity (Wildman–Crippen MR) is 76.4 cm³/mol. The summed E-state index contributed by atoms with van der Waals surface area (Å²) >= 11 is 0. The minimum Gasteiger partial charge on any atom is -0.479 e. The second-order valence-corrected chi connectivity index (χ2v) is 5.06. The summed E-state index contributed by atoms with van der Waals surface area (Å²) in [6, 6.07) is 3.95. The molecule has 2 atom stereocenters. The monoisotopic (exact) mass is 330 g/mol. The van der Waals surface area contributed by atoms with Crippen molar-refractivity contribution in [2.45, 2.75) is 44.8 Å². The molecule has 0 radical (unpaired) electrons. The van der Waals surface area contributed by atoms with Crippen molar-refractivity contribution < 1.29 is 32.9 Å². The van der Waals surface area contributed by atoms with Crippen molar-refractivity contribution in [3.05, 3.63) is 35.4 Å². The minimum atomic E-state index is -4.45. The fraction of sp³-hybridized carbons (Fsp3) is 0.438. The predicted octanol–water partition coefficient (Wildman–Crippen LogP) is 3.01. The van der Waals surface area contributed by atoms with Gasteiger partial charge in [0.15, 0.2) is 6.10 Å². The van der Waals surface area contributed by atoms with Crippen LogP contribution in [-0.2, 0) is 15.7 Å². The van der Waals surface area contributed by atoms with E-state index in [-0.39, 0.29) is 18.1 Å². The summed E-state index contributed by atoms with van der Waals surface area (Å²) in [4.78, 5) is 11.0. The molecule has 0 aromatic heterocycles. The van der Waals surface area contributed by atoms with Crippen LogP contribution in [0.25, 0.3) is 0 Å². The smallest absolute Gasteiger partial charge is 0.416 e. The SMILES string of the molecule is CC(C)OC(CC#CC(O)c1ccc(C(F)(F)F)cc1)C(=O)O. The zero-order valence-electron chi connectivity index (χ0n) is 12.6. The summed E-state index contributed by atoms with van der Waals surface area (Å²) in [5, 5.41) is 18.8. The van der Waals surface area contributed by atoms with E-state index in [1.807, 2.05) is 0 Å². The average Bonchev–Trinajstić information content (AvgIpc) is 2.44. The Hall–Kier alpha value is -2.04. The number of aliphatic hydroxyl groups is 1. The van der Waals surface area contributed by atoms with Gasteiger partial charge in [-0.15, -0.1) is 0 Å². The Morgan fingerprint density at radius 3 is 2.26 bits per heavy atom. The topological polar surface area (TPSA) is 66.8 Å². The molecule has 2 unspecified atom stereocenters. The number of ether oxygens (including phenoxy) is 1. The molecule has 0 fully saturated rings. The second-order valence-electron chi connectivity index (χ2n) is 5.06. The van der Waals surface area contributed by atoms with Crippen LogP contribution in [0.15, 0.2) is 24.3 Å². The van der Waals surface area contributed by atoms with Gasteiger partial charge in [-0.1, -0.05) is 24.0 Å². The van der Waals surface area contributed by atoms with Crippen LogP contribution < -0.4 is 0 Å². The normalized spacial score (nSPS) is 14.0. The first-order chi connectivity index (χ1) is 10.6. The van der Waals surface area contributed by atoms with Gasteiger partial charge in [-0.3, -0.25) is 0 Å². The second kappa shape index (κ2) is 7.99. The van der Waals surface area contributed by atoms with Crippen LogP contribution in [0.5, 0.6) is 0 Å². The number of hydrogen-bond donors (Lipinski definition) is 2. The Kier molecular flexibility index (Phi) is 6.61. The van der Waals surface area contributed by atoms with E-state index in [0.717, 1.165) is 24.3 Å². The minimum absolute atomic E-state index is 0.134. The molecule has 0 amide bonds. The van der Waals surface area contributed by atoms with Crippen molar-refractivity contribution >= 4 is 5.97 Å². The van der Waals surface area contributed by atoms with Gasteiger partial charge >= 0.3 is 12.1 Å². The fourth-order valence-electron chi connectivity index (χ4n) is 1.71. The molecule has 0 aliphatic heterocycles. The first-order valence-corrected chi connectivity index (χ1v) is 6.83. The van der Waals surface area contributed by atoms with Gasteiger partial charge in [0.2, 0.25) is 0 Å². The number of halogens is 3. The average molecular weight is 330 g/mol. The molecule has 1 aromatic rings. The molecule has 0 bridgehead atoms. The number of aliphatic hydroxyl groups excluding tert-OH is 1. The standard InChI is InChI=1S/C16H17F3O4/c1-10(2)23-14(15(21)22)5-3-4-13(20)11-6-8-12(9-7-11)16(17,18)19/h6-10,13-14,20H,5H2,1-2H3,(H,21,22). The van der Waals surface area contributed by atoms with Crippen LogP contribution in [0, 0.1) is 11.8 Å². The Labute approximate surface area is 131 Å². The number of benzene rings is 1. The maximum atomic E-state index is 12.4. The van der Waals surface area contributed by atoms with Crippen LogP contribution in [0.1, 0.15) is 37.5 Å². The van der Waals surface area contributed by atoms with E-state index in [1.54, 1.807) is 13.8 Å². The van der Waals surface area contributed by atoms with E-state index in [2.05, 4.69) is 11.8 Å². The molecular formula is C16H17F3O4. The molecule has 0 aliphatic carbocycles. The lowest BCUT2D eigenvalue weighted by Crippen LogP contribution is -2.26. The Balaban J connectivity index is 2.72. The van der Waals surface area contributed by atoms with Gasteiger partial charge in [-0.25, -0.2) is 4.79 Å². The number of hydrogen-bond acceptors (Lipinski definition) is 3. The largest absolute Gasteiger partial charge is 0.479 e. The molecule has 126 valence electrons. The van der Waals surface area contributed by atoms with Gasteiger partial charge < -0.3 is 14.9 Å². The lowest BCUT2D eigenvalue weighted by Gasteiger charge is -2.13. The molecule has 1 aromatic carbocycles. The van der Waals surface area contributed by atoms with Crippen molar-refractivity contribution in [3.8, 4) is 11.8 Å². The van der Waals surface area contributed by atoms with Gasteiger partial charge in [-0.2, -0.15) is 13.2 Å². The molecule has 1 rings (SSSR count). The Bertz CT molecular complexity index is 582. The van der Waals surface area contributed by atoms with Crippen molar-refractivity contribution in [2.24, 2.45) is 0 Å². The molecular weight excluding hydrogens is 313 g/mol. The van der Waals surface area contributed by atoms with Crippen LogP contribution in [0.3, 0.4) is 0 Å². The zero-order valence-corrected chi connectivity index (χ0v) is 12.6. The number of alkyl halides is 3. The van der Waals surface area contributed by atoms with Crippen molar-refractivity contribution in [1.29, 1.82) is 0 Å². The quantitative estimate of drug-likeness (QED) is 0.815. The van der Waals surface area contributed by atoms with E-state index < -0.39 is 29.9 Å². The fourth-order valence-corrected chi connectivity index (χ4v) is 1.71. The summed E-state index contributed by atoms with van der Waals surface area (Å²) in [5.41, 5.74) is -0.625. The number of carboxylic acids is 1. The number of rotatable bonds is 5. The Morgan fingerprint density at radius 1 is 1.26 bits per heavy atom. The van der Waals surface area contributed by atoms with Gasteiger partial charge in [0.25, 0.3) is 0 Å². The molecule has 7 heteroatoms. The van der Waals surface area contributed by atoms with Gasteiger partial charge in [0.05, 0.1) is 11.7 Å². The zero-order chi connectivity index (χ0) is 17.6. The van der Waals surface area contributed by atoms with Crippen molar-refractivity contribution in [2.75, 3.05) is 0 Å². The highest BCUT2D eigenvalue weighted by atomic mass is 19.4. The van der Waals surface area contributed by atoms with Crippen molar-refractivity contribution in [1.82, 2.24) is 0 Å². The van der Waals surface area contributed by atoms with E-state index in [4.69, 9.17) is 9.84 Å². The highest BCUT2D eigenvalue weighted by Crippen LogP contribution is 2.29. The van der Waals surface area contributed by atoms with Gasteiger partial charge in [0.1, 0.15) is 6.10 Å². The lowest BCUT2D eigenvalue weighted by atomic mass is 10.1. The molecule has 2 N–H and O–H groups in total. The molecule has 4 nitrogen and oxygen atoms in total. The summed E-state index contributed by atoms with van der Waals surface area (Å²) in [7, 11) is 0. The number of carboxylic acid groups (broad SMARTS) is 1. The van der Waals surface area contributed by atoms with Crippen LogP contribution >= 0.6 is 0 Å². The van der Waals surface area contributed by atoms with Crippen LogP contribution in [-0.4, -0.2) is 28.4 Å². The van der Waals surface area contributed by atoms with Gasteiger partial charge in [-0.05, 0) is 31.5 Å². The lowest BCUT2D eigenvalue weighted by molar-refractivity contribution is -0.152. The maximum Gasteiger partial charge on any atom is 0.416 e.